The smallest absolute Gasteiger partial charge is 0.270 e. The number of nitrogens with one attached hydrogen (secondary N) is 2. The van der Waals surface area contributed by atoms with Gasteiger partial charge in [-0.3, -0.25) is 14.8 Å². The highest BCUT2D eigenvalue weighted by molar-refractivity contribution is 7.93. The number of anilines is 1. The van der Waals surface area contributed by atoms with Gasteiger partial charge in [0.05, 0.1) is 11.5 Å². The third-order valence-electron chi connectivity index (χ3n) is 3.55. The molecular weight excluding hydrogens is 346 g/mol. The lowest BCUT2D eigenvalue weighted by Crippen LogP contribution is -2.12. The van der Waals surface area contributed by atoms with E-state index in [2.05, 4.69) is 9.71 Å². The van der Waals surface area contributed by atoms with Gasteiger partial charge in [-0.1, -0.05) is 0 Å². The topological polar surface area (TPSA) is 114 Å². The molecule has 0 atom stereocenters. The highest BCUT2D eigenvalue weighted by Gasteiger charge is 2.21. The maximum Gasteiger partial charge on any atom is 0.270 e. The third-order valence-corrected chi connectivity index (χ3v) is 4.97. The molecule has 0 aliphatic heterocycles. The molecule has 0 fully saturated rings. The second kappa shape index (κ2) is 6.44. The van der Waals surface area contributed by atoms with E-state index in [4.69, 9.17) is 4.74 Å². The molecule has 0 saturated heterocycles. The molecule has 0 radical (unpaired) electrons. The van der Waals surface area contributed by atoms with Gasteiger partial charge in [0.2, 0.25) is 0 Å². The Morgan fingerprint density at radius 3 is 2.56 bits per heavy atom. The number of benzene rings is 2. The molecule has 130 valence electrons. The highest BCUT2D eigenvalue weighted by atomic mass is 32.2. The van der Waals surface area contributed by atoms with Crippen LogP contribution in [0, 0.1) is 10.1 Å². The third kappa shape index (κ3) is 3.41. The SMILES string of the molecule is CCOc1ccc(NS(=O)(=O)c2c[nH]c3ccc([N+](=O)[O-])cc23)cc1. The fraction of sp³-hybridized carbons (Fsp3) is 0.125. The lowest BCUT2D eigenvalue weighted by molar-refractivity contribution is -0.384. The minimum atomic E-state index is -3.91. The number of non-ortho nitro benzene ring substituents is 1. The Morgan fingerprint density at radius 2 is 1.92 bits per heavy atom. The van der Waals surface area contributed by atoms with E-state index < -0.39 is 14.9 Å². The molecule has 0 spiro atoms. The molecule has 2 N–H and O–H groups in total. The summed E-state index contributed by atoms with van der Waals surface area (Å²) in [6, 6.07) is 10.5. The van der Waals surface area contributed by atoms with Crippen LogP contribution in [0.5, 0.6) is 5.75 Å². The van der Waals surface area contributed by atoms with Gasteiger partial charge in [-0.25, -0.2) is 8.42 Å². The summed E-state index contributed by atoms with van der Waals surface area (Å²) < 4.78 is 33.0. The van der Waals surface area contributed by atoms with Gasteiger partial charge in [0.15, 0.2) is 0 Å². The summed E-state index contributed by atoms with van der Waals surface area (Å²) in [6.07, 6.45) is 1.31. The van der Waals surface area contributed by atoms with Crippen LogP contribution in [0.3, 0.4) is 0 Å². The van der Waals surface area contributed by atoms with Crippen molar-refractivity contribution in [3.8, 4) is 5.75 Å². The number of nitro groups is 1. The molecule has 0 aliphatic carbocycles. The second-order valence-corrected chi connectivity index (χ2v) is 6.85. The number of fused-ring (bicyclic) bond motifs is 1. The van der Waals surface area contributed by atoms with Crippen molar-refractivity contribution in [1.29, 1.82) is 0 Å². The molecule has 3 aromatic rings. The fourth-order valence-corrected chi connectivity index (χ4v) is 3.64. The number of ether oxygens (including phenoxy) is 1. The van der Waals surface area contributed by atoms with Crippen molar-refractivity contribution in [2.45, 2.75) is 11.8 Å². The molecule has 25 heavy (non-hydrogen) atoms. The van der Waals surface area contributed by atoms with Crippen LogP contribution in [-0.4, -0.2) is 24.9 Å². The predicted molar refractivity (Wildman–Crippen MR) is 93.4 cm³/mol. The van der Waals surface area contributed by atoms with Crippen molar-refractivity contribution in [1.82, 2.24) is 4.98 Å². The van der Waals surface area contributed by atoms with Crippen LogP contribution in [-0.2, 0) is 10.0 Å². The van der Waals surface area contributed by atoms with E-state index in [1.807, 2.05) is 6.92 Å². The lowest BCUT2D eigenvalue weighted by atomic mass is 10.2. The minimum absolute atomic E-state index is 0.0555. The normalized spacial score (nSPS) is 11.4. The molecule has 3 rings (SSSR count). The highest BCUT2D eigenvalue weighted by Crippen LogP contribution is 2.28. The van der Waals surface area contributed by atoms with Gasteiger partial charge >= 0.3 is 0 Å². The summed E-state index contributed by atoms with van der Waals surface area (Å²) >= 11 is 0. The average molecular weight is 361 g/mol. The van der Waals surface area contributed by atoms with E-state index in [0.29, 0.717) is 23.6 Å². The van der Waals surface area contributed by atoms with Crippen LogP contribution in [0.25, 0.3) is 10.9 Å². The fourth-order valence-electron chi connectivity index (χ4n) is 2.41. The Labute approximate surface area is 143 Å². The number of nitro benzene ring substituents is 1. The maximum atomic E-state index is 12.6. The zero-order valence-electron chi connectivity index (χ0n) is 13.2. The van der Waals surface area contributed by atoms with Crippen molar-refractivity contribution in [3.05, 3.63) is 58.8 Å². The molecular formula is C16H15N3O5S. The van der Waals surface area contributed by atoms with Crippen molar-refractivity contribution < 1.29 is 18.1 Å². The summed E-state index contributed by atoms with van der Waals surface area (Å²) in [5.74, 6) is 0.633. The predicted octanol–water partition coefficient (Wildman–Crippen LogP) is 3.28. The summed E-state index contributed by atoms with van der Waals surface area (Å²) in [7, 11) is -3.91. The van der Waals surface area contributed by atoms with E-state index in [1.165, 1.54) is 24.4 Å². The van der Waals surface area contributed by atoms with Crippen LogP contribution in [0.15, 0.2) is 53.6 Å². The number of H-pyrrole nitrogens is 1. The van der Waals surface area contributed by atoms with Crippen molar-refractivity contribution in [2.24, 2.45) is 0 Å². The zero-order chi connectivity index (χ0) is 18.0. The monoisotopic (exact) mass is 361 g/mol. The Morgan fingerprint density at radius 1 is 1.20 bits per heavy atom. The number of hydrogen-bond acceptors (Lipinski definition) is 5. The maximum absolute atomic E-state index is 12.6. The Kier molecular flexibility index (Phi) is 4.32. The molecule has 0 bridgehead atoms. The molecule has 0 saturated carbocycles. The first-order chi connectivity index (χ1) is 11.9. The molecule has 0 unspecified atom stereocenters. The Bertz CT molecular complexity index is 1030. The summed E-state index contributed by atoms with van der Waals surface area (Å²) in [5.41, 5.74) is 0.686. The van der Waals surface area contributed by atoms with Crippen LogP contribution >= 0.6 is 0 Å². The standard InChI is InChI=1S/C16H15N3O5S/c1-2-24-13-6-3-11(4-7-13)18-25(22,23)16-10-17-15-8-5-12(19(20)21)9-14(15)16/h3-10,17-18H,2H2,1H3. The molecule has 1 aromatic heterocycles. The summed E-state index contributed by atoms with van der Waals surface area (Å²) in [4.78, 5) is 13.1. The van der Waals surface area contributed by atoms with Gasteiger partial charge in [0.25, 0.3) is 15.7 Å². The van der Waals surface area contributed by atoms with Crippen molar-refractivity contribution in [2.75, 3.05) is 11.3 Å². The first kappa shape index (κ1) is 16.8. The van der Waals surface area contributed by atoms with Gasteiger partial charge < -0.3 is 9.72 Å². The van der Waals surface area contributed by atoms with Gasteiger partial charge in [-0.05, 0) is 37.3 Å². The number of rotatable bonds is 6. The van der Waals surface area contributed by atoms with Crippen molar-refractivity contribution >= 4 is 32.3 Å². The van der Waals surface area contributed by atoms with Gasteiger partial charge in [0.1, 0.15) is 10.6 Å². The molecule has 8 nitrogen and oxygen atoms in total. The zero-order valence-corrected chi connectivity index (χ0v) is 14.0. The van der Waals surface area contributed by atoms with Gasteiger partial charge in [0, 0.05) is 34.9 Å². The van der Waals surface area contributed by atoms with E-state index in [1.54, 1.807) is 24.3 Å². The van der Waals surface area contributed by atoms with Gasteiger partial charge in [-0.2, -0.15) is 0 Å². The number of aromatic amines is 1. The van der Waals surface area contributed by atoms with E-state index in [-0.39, 0.29) is 16.0 Å². The number of hydrogen-bond donors (Lipinski definition) is 2. The Balaban J connectivity index is 1.95. The molecule has 0 amide bonds. The molecule has 2 aromatic carbocycles. The lowest BCUT2D eigenvalue weighted by Gasteiger charge is -2.08. The van der Waals surface area contributed by atoms with Crippen molar-refractivity contribution in [3.63, 3.8) is 0 Å². The number of nitrogens with zero attached hydrogens (tertiary/aromatic N) is 1. The van der Waals surface area contributed by atoms with E-state index in [0.717, 1.165) is 0 Å². The quantitative estimate of drug-likeness (QED) is 0.516. The average Bonchev–Trinajstić information content (AvgIpc) is 3.00. The van der Waals surface area contributed by atoms with Crippen LogP contribution in [0.4, 0.5) is 11.4 Å². The van der Waals surface area contributed by atoms with Gasteiger partial charge in [-0.15, -0.1) is 0 Å². The van der Waals surface area contributed by atoms with E-state index >= 15 is 0 Å². The Hall–Kier alpha value is -3.07. The summed E-state index contributed by atoms with van der Waals surface area (Å²) in [5, 5.41) is 11.2. The molecule has 9 heteroatoms. The minimum Gasteiger partial charge on any atom is -0.494 e. The molecule has 1 heterocycles. The summed E-state index contributed by atoms with van der Waals surface area (Å²) in [6.45, 7) is 2.37. The number of aromatic nitrogens is 1. The molecule has 0 aliphatic rings. The second-order valence-electron chi connectivity index (χ2n) is 5.20. The largest absolute Gasteiger partial charge is 0.494 e. The van der Waals surface area contributed by atoms with E-state index in [9.17, 15) is 18.5 Å². The van der Waals surface area contributed by atoms with Crippen LogP contribution < -0.4 is 9.46 Å². The first-order valence-electron chi connectivity index (χ1n) is 7.42. The number of sulfonamides is 1. The first-order valence-corrected chi connectivity index (χ1v) is 8.90. The van der Waals surface area contributed by atoms with Crippen LogP contribution in [0.2, 0.25) is 0 Å². The van der Waals surface area contributed by atoms with Crippen LogP contribution in [0.1, 0.15) is 6.92 Å².